The minimum atomic E-state index is 0.670. The summed E-state index contributed by atoms with van der Waals surface area (Å²) in [6.07, 6.45) is 2.85. The predicted molar refractivity (Wildman–Crippen MR) is 60.1 cm³/mol. The van der Waals surface area contributed by atoms with Gasteiger partial charge >= 0.3 is 0 Å². The van der Waals surface area contributed by atoms with E-state index in [1.807, 2.05) is 0 Å². The van der Waals surface area contributed by atoms with Gasteiger partial charge in [0.25, 0.3) is 0 Å². The van der Waals surface area contributed by atoms with Crippen LogP contribution in [0.5, 0.6) is 0 Å². The Kier molecular flexibility index (Phi) is 10.0. The molecule has 0 bridgehead atoms. The average molecular weight is 197 g/mol. The van der Waals surface area contributed by atoms with Crippen molar-refractivity contribution in [1.82, 2.24) is 10.2 Å². The summed E-state index contributed by atoms with van der Waals surface area (Å²) in [6, 6.07) is 2.15. The quantitative estimate of drug-likeness (QED) is 0.571. The Bertz CT molecular complexity index is 147. The molecule has 0 rings (SSSR count). The van der Waals surface area contributed by atoms with Gasteiger partial charge in [0.1, 0.15) is 0 Å². The molecule has 14 heavy (non-hydrogen) atoms. The summed E-state index contributed by atoms with van der Waals surface area (Å²) >= 11 is 0. The van der Waals surface area contributed by atoms with E-state index < -0.39 is 0 Å². The Morgan fingerprint density at radius 3 is 2.36 bits per heavy atom. The smallest absolute Gasteiger partial charge is 0.0622 e. The molecule has 0 heterocycles. The van der Waals surface area contributed by atoms with E-state index in [2.05, 4.69) is 30.1 Å². The van der Waals surface area contributed by atoms with E-state index in [0.29, 0.717) is 6.42 Å². The standard InChI is InChI=1S/C11H23N3/c1-3-14(4-2)11-7-10-13-9-6-5-8-12/h13H,3-7,9-11H2,1-2H3. The molecule has 3 nitrogen and oxygen atoms in total. The van der Waals surface area contributed by atoms with E-state index in [-0.39, 0.29) is 0 Å². The maximum Gasteiger partial charge on any atom is 0.0622 e. The molecule has 0 aliphatic carbocycles. The molecular weight excluding hydrogens is 174 g/mol. The predicted octanol–water partition coefficient (Wildman–Crippen LogP) is 1.61. The number of rotatable bonds is 9. The Labute approximate surface area is 88.1 Å². The lowest BCUT2D eigenvalue weighted by atomic mass is 10.3. The second kappa shape index (κ2) is 10.5. The number of nitrogens with zero attached hydrogens (tertiary/aromatic N) is 2. The second-order valence-electron chi connectivity index (χ2n) is 3.39. The molecule has 0 aromatic carbocycles. The van der Waals surface area contributed by atoms with Crippen molar-refractivity contribution in [2.45, 2.75) is 33.1 Å². The van der Waals surface area contributed by atoms with Crippen LogP contribution in [0, 0.1) is 11.3 Å². The van der Waals surface area contributed by atoms with Crippen LogP contribution in [0.15, 0.2) is 0 Å². The minimum absolute atomic E-state index is 0.670. The van der Waals surface area contributed by atoms with Crippen molar-refractivity contribution in [1.29, 1.82) is 5.26 Å². The number of nitrogens with one attached hydrogen (secondary N) is 1. The summed E-state index contributed by atoms with van der Waals surface area (Å²) in [4.78, 5) is 2.43. The Morgan fingerprint density at radius 1 is 1.14 bits per heavy atom. The average Bonchev–Trinajstić information content (AvgIpc) is 2.22. The molecule has 0 fully saturated rings. The van der Waals surface area contributed by atoms with E-state index in [0.717, 1.165) is 32.6 Å². The van der Waals surface area contributed by atoms with Crippen molar-refractivity contribution >= 4 is 0 Å². The molecule has 0 aromatic rings. The van der Waals surface area contributed by atoms with Gasteiger partial charge in [0.05, 0.1) is 6.07 Å². The highest BCUT2D eigenvalue weighted by atomic mass is 15.1. The van der Waals surface area contributed by atoms with E-state index in [1.165, 1.54) is 13.0 Å². The zero-order valence-corrected chi connectivity index (χ0v) is 9.55. The molecule has 1 N–H and O–H groups in total. The summed E-state index contributed by atoms with van der Waals surface area (Å²) in [5.41, 5.74) is 0. The largest absolute Gasteiger partial charge is 0.317 e. The van der Waals surface area contributed by atoms with Crippen LogP contribution in [0.1, 0.15) is 33.1 Å². The molecule has 0 saturated heterocycles. The number of hydrogen-bond donors (Lipinski definition) is 1. The van der Waals surface area contributed by atoms with Crippen molar-refractivity contribution in [2.24, 2.45) is 0 Å². The second-order valence-corrected chi connectivity index (χ2v) is 3.39. The molecule has 3 heteroatoms. The summed E-state index contributed by atoms with van der Waals surface area (Å²) < 4.78 is 0. The molecular formula is C11H23N3. The van der Waals surface area contributed by atoms with Gasteiger partial charge < -0.3 is 10.2 Å². The van der Waals surface area contributed by atoms with Gasteiger partial charge in [-0.2, -0.15) is 5.26 Å². The van der Waals surface area contributed by atoms with Crippen molar-refractivity contribution in [3.05, 3.63) is 0 Å². The lowest BCUT2D eigenvalue weighted by Gasteiger charge is -2.17. The molecule has 0 aliphatic heterocycles. The Hall–Kier alpha value is -0.590. The fourth-order valence-corrected chi connectivity index (χ4v) is 1.38. The highest BCUT2D eigenvalue weighted by Crippen LogP contribution is 1.89. The molecule has 0 atom stereocenters. The van der Waals surface area contributed by atoms with Crippen molar-refractivity contribution in [3.63, 3.8) is 0 Å². The maximum absolute atomic E-state index is 8.32. The van der Waals surface area contributed by atoms with E-state index >= 15 is 0 Å². The molecule has 82 valence electrons. The first-order valence-corrected chi connectivity index (χ1v) is 5.65. The zero-order chi connectivity index (χ0) is 10.6. The number of hydrogen-bond acceptors (Lipinski definition) is 3. The van der Waals surface area contributed by atoms with Crippen LogP contribution in [0.25, 0.3) is 0 Å². The van der Waals surface area contributed by atoms with Crippen molar-refractivity contribution < 1.29 is 0 Å². The van der Waals surface area contributed by atoms with Crippen LogP contribution >= 0.6 is 0 Å². The summed E-state index contributed by atoms with van der Waals surface area (Å²) in [5.74, 6) is 0. The Morgan fingerprint density at radius 2 is 1.79 bits per heavy atom. The first kappa shape index (κ1) is 13.4. The van der Waals surface area contributed by atoms with Crippen LogP contribution < -0.4 is 5.32 Å². The molecule has 0 spiro atoms. The first-order valence-electron chi connectivity index (χ1n) is 5.65. The summed E-state index contributed by atoms with van der Waals surface area (Å²) in [7, 11) is 0. The summed E-state index contributed by atoms with van der Waals surface area (Å²) in [6.45, 7) is 9.91. The van der Waals surface area contributed by atoms with Gasteiger partial charge in [0.2, 0.25) is 0 Å². The van der Waals surface area contributed by atoms with Gasteiger partial charge in [0.15, 0.2) is 0 Å². The maximum atomic E-state index is 8.32. The van der Waals surface area contributed by atoms with E-state index in [4.69, 9.17) is 5.26 Å². The number of nitriles is 1. The lowest BCUT2D eigenvalue weighted by molar-refractivity contribution is 0.298. The van der Waals surface area contributed by atoms with Crippen LogP contribution in [-0.2, 0) is 0 Å². The fourth-order valence-electron chi connectivity index (χ4n) is 1.38. The molecule has 0 saturated carbocycles. The van der Waals surface area contributed by atoms with Gasteiger partial charge in [-0.05, 0) is 45.6 Å². The monoisotopic (exact) mass is 197 g/mol. The lowest BCUT2D eigenvalue weighted by Crippen LogP contribution is -2.27. The third-order valence-electron chi connectivity index (χ3n) is 2.36. The fraction of sp³-hybridized carbons (Fsp3) is 0.909. The first-order chi connectivity index (χ1) is 6.85. The Balaban J connectivity index is 3.09. The normalized spacial score (nSPS) is 10.4. The summed E-state index contributed by atoms with van der Waals surface area (Å²) in [5, 5.41) is 11.7. The molecule has 0 aliphatic rings. The van der Waals surface area contributed by atoms with E-state index in [9.17, 15) is 0 Å². The molecule has 0 aromatic heterocycles. The van der Waals surface area contributed by atoms with Crippen molar-refractivity contribution in [2.75, 3.05) is 32.7 Å². The van der Waals surface area contributed by atoms with E-state index in [1.54, 1.807) is 0 Å². The zero-order valence-electron chi connectivity index (χ0n) is 9.55. The topological polar surface area (TPSA) is 39.1 Å². The van der Waals surface area contributed by atoms with Gasteiger partial charge in [-0.3, -0.25) is 0 Å². The van der Waals surface area contributed by atoms with Crippen molar-refractivity contribution in [3.8, 4) is 6.07 Å². The number of unbranched alkanes of at least 4 members (excludes halogenated alkanes) is 1. The van der Waals surface area contributed by atoms with Crippen LogP contribution in [0.4, 0.5) is 0 Å². The van der Waals surface area contributed by atoms with Gasteiger partial charge in [-0.1, -0.05) is 13.8 Å². The van der Waals surface area contributed by atoms with Crippen LogP contribution in [0.3, 0.4) is 0 Å². The molecule has 0 amide bonds. The molecule has 0 unspecified atom stereocenters. The highest BCUT2D eigenvalue weighted by molar-refractivity contribution is 4.68. The third-order valence-corrected chi connectivity index (χ3v) is 2.36. The molecule has 0 radical (unpaired) electrons. The van der Waals surface area contributed by atoms with Crippen LogP contribution in [0.2, 0.25) is 0 Å². The SMILES string of the molecule is CCN(CC)CCCNCCCC#N. The van der Waals surface area contributed by atoms with Gasteiger partial charge in [-0.25, -0.2) is 0 Å². The minimum Gasteiger partial charge on any atom is -0.317 e. The van der Waals surface area contributed by atoms with Gasteiger partial charge in [0, 0.05) is 6.42 Å². The highest BCUT2D eigenvalue weighted by Gasteiger charge is 1.97. The van der Waals surface area contributed by atoms with Gasteiger partial charge in [-0.15, -0.1) is 0 Å². The third kappa shape index (κ3) is 8.03. The van der Waals surface area contributed by atoms with Crippen LogP contribution in [-0.4, -0.2) is 37.6 Å².